The molecule has 0 unspecified atom stereocenters. The van der Waals surface area contributed by atoms with E-state index in [0.717, 1.165) is 25.1 Å². The molecule has 90 valence electrons. The molecule has 0 aromatic carbocycles. The molecule has 0 N–H and O–H groups in total. The lowest BCUT2D eigenvalue weighted by atomic mass is 9.84. The first kappa shape index (κ1) is 13.5. The predicted molar refractivity (Wildman–Crippen MR) is 68.7 cm³/mol. The molecule has 0 bridgehead atoms. The van der Waals surface area contributed by atoms with Gasteiger partial charge in [0.1, 0.15) is 0 Å². The van der Waals surface area contributed by atoms with Crippen molar-refractivity contribution >= 4 is 15.9 Å². The molecule has 0 aromatic heterocycles. The van der Waals surface area contributed by atoms with Crippen LogP contribution < -0.4 is 0 Å². The average Bonchev–Trinajstić information content (AvgIpc) is 2.54. The van der Waals surface area contributed by atoms with Crippen LogP contribution in [0.1, 0.15) is 33.1 Å². The highest BCUT2D eigenvalue weighted by molar-refractivity contribution is 9.09. The summed E-state index contributed by atoms with van der Waals surface area (Å²) in [6, 6.07) is 0. The van der Waals surface area contributed by atoms with Gasteiger partial charge in [0.25, 0.3) is 0 Å². The summed E-state index contributed by atoms with van der Waals surface area (Å²) >= 11 is 3.68. The van der Waals surface area contributed by atoms with Gasteiger partial charge in [0, 0.05) is 31.6 Å². The van der Waals surface area contributed by atoms with Crippen LogP contribution in [-0.2, 0) is 4.74 Å². The normalized spacial score (nSPS) is 20.2. The Morgan fingerprint density at radius 2 is 1.93 bits per heavy atom. The van der Waals surface area contributed by atoms with Crippen LogP contribution >= 0.6 is 15.9 Å². The van der Waals surface area contributed by atoms with E-state index in [1.807, 2.05) is 0 Å². The molecule has 0 aromatic rings. The second kappa shape index (κ2) is 6.87. The molecule has 1 aliphatic rings. The van der Waals surface area contributed by atoms with E-state index in [2.05, 4.69) is 34.7 Å². The largest absolute Gasteiger partial charge is 0.380 e. The Morgan fingerprint density at radius 1 is 1.20 bits per heavy atom. The summed E-state index contributed by atoms with van der Waals surface area (Å²) in [6.07, 6.45) is 3.70. The van der Waals surface area contributed by atoms with Crippen molar-refractivity contribution in [2.24, 2.45) is 5.41 Å². The van der Waals surface area contributed by atoms with Gasteiger partial charge in [-0.25, -0.2) is 0 Å². The van der Waals surface area contributed by atoms with E-state index in [4.69, 9.17) is 4.74 Å². The zero-order valence-electron chi connectivity index (χ0n) is 10.1. The smallest absolute Gasteiger partial charge is 0.0593 e. The van der Waals surface area contributed by atoms with Gasteiger partial charge in [-0.2, -0.15) is 0 Å². The highest BCUT2D eigenvalue weighted by Crippen LogP contribution is 2.30. The molecular weight excluding hydrogens is 254 g/mol. The lowest BCUT2D eigenvalue weighted by Gasteiger charge is -2.35. The summed E-state index contributed by atoms with van der Waals surface area (Å²) in [5, 5.41) is 1.12. The summed E-state index contributed by atoms with van der Waals surface area (Å²) in [5.41, 5.74) is 0.463. The lowest BCUT2D eigenvalue weighted by Crippen LogP contribution is -2.39. The maximum absolute atomic E-state index is 5.49. The summed E-state index contributed by atoms with van der Waals surface area (Å²) < 4.78 is 5.49. The van der Waals surface area contributed by atoms with Crippen molar-refractivity contribution in [1.82, 2.24) is 4.90 Å². The first-order valence-corrected chi connectivity index (χ1v) is 7.24. The standard InChI is InChI=1S/C12H24BrNO/c1-3-12(4-2,10-13)11-14-6-5-8-15-9-7-14/h3-11H2,1-2H3. The van der Waals surface area contributed by atoms with Crippen LogP contribution in [-0.4, -0.2) is 43.1 Å². The predicted octanol–water partition coefficient (Wildman–Crippen LogP) is 2.91. The molecule has 3 heteroatoms. The second-order valence-corrected chi connectivity index (χ2v) is 5.14. The zero-order chi connectivity index (χ0) is 11.1. The van der Waals surface area contributed by atoms with Crippen molar-refractivity contribution in [3.05, 3.63) is 0 Å². The number of nitrogens with zero attached hydrogens (tertiary/aromatic N) is 1. The van der Waals surface area contributed by atoms with E-state index in [1.54, 1.807) is 0 Å². The SMILES string of the molecule is CCC(CC)(CBr)CN1CCCOCC1. The first-order chi connectivity index (χ1) is 7.26. The van der Waals surface area contributed by atoms with Gasteiger partial charge in [-0.15, -0.1) is 0 Å². The van der Waals surface area contributed by atoms with Crippen LogP contribution in [0.25, 0.3) is 0 Å². The Bertz CT molecular complexity index is 155. The van der Waals surface area contributed by atoms with Crippen molar-refractivity contribution in [2.75, 3.05) is 38.2 Å². The van der Waals surface area contributed by atoms with Gasteiger partial charge in [-0.1, -0.05) is 29.8 Å². The van der Waals surface area contributed by atoms with Gasteiger partial charge >= 0.3 is 0 Å². The van der Waals surface area contributed by atoms with E-state index >= 15 is 0 Å². The lowest BCUT2D eigenvalue weighted by molar-refractivity contribution is 0.125. The summed E-state index contributed by atoms with van der Waals surface area (Å²) in [7, 11) is 0. The van der Waals surface area contributed by atoms with Gasteiger partial charge < -0.3 is 9.64 Å². The summed E-state index contributed by atoms with van der Waals surface area (Å²) in [4.78, 5) is 2.57. The Morgan fingerprint density at radius 3 is 2.53 bits per heavy atom. The highest BCUT2D eigenvalue weighted by atomic mass is 79.9. The molecule has 1 heterocycles. The molecule has 1 fully saturated rings. The van der Waals surface area contributed by atoms with Crippen LogP contribution in [0.5, 0.6) is 0 Å². The van der Waals surface area contributed by atoms with E-state index in [0.29, 0.717) is 5.41 Å². The monoisotopic (exact) mass is 277 g/mol. The number of halogens is 1. The number of alkyl halides is 1. The number of rotatable bonds is 5. The maximum Gasteiger partial charge on any atom is 0.0593 e. The highest BCUT2D eigenvalue weighted by Gasteiger charge is 2.27. The van der Waals surface area contributed by atoms with Crippen molar-refractivity contribution in [3.8, 4) is 0 Å². The van der Waals surface area contributed by atoms with E-state index in [1.165, 1.54) is 32.4 Å². The van der Waals surface area contributed by atoms with Crippen molar-refractivity contribution in [2.45, 2.75) is 33.1 Å². The van der Waals surface area contributed by atoms with Crippen molar-refractivity contribution < 1.29 is 4.74 Å². The fraction of sp³-hybridized carbons (Fsp3) is 1.00. The minimum absolute atomic E-state index is 0.463. The van der Waals surface area contributed by atoms with E-state index < -0.39 is 0 Å². The Labute approximate surface area is 102 Å². The van der Waals surface area contributed by atoms with Crippen LogP contribution in [0.15, 0.2) is 0 Å². The average molecular weight is 278 g/mol. The van der Waals surface area contributed by atoms with Crippen LogP contribution in [0.4, 0.5) is 0 Å². The maximum atomic E-state index is 5.49. The van der Waals surface area contributed by atoms with Gasteiger partial charge in [0.2, 0.25) is 0 Å². The van der Waals surface area contributed by atoms with Crippen LogP contribution in [0, 0.1) is 5.41 Å². The summed E-state index contributed by atoms with van der Waals surface area (Å²) in [6.45, 7) is 9.98. The van der Waals surface area contributed by atoms with Gasteiger partial charge in [0.05, 0.1) is 6.61 Å². The molecule has 1 saturated heterocycles. The fourth-order valence-electron chi connectivity index (χ4n) is 2.14. The van der Waals surface area contributed by atoms with Crippen molar-refractivity contribution in [3.63, 3.8) is 0 Å². The molecule has 0 amide bonds. The summed E-state index contributed by atoms with van der Waals surface area (Å²) in [5.74, 6) is 0. The number of hydrogen-bond donors (Lipinski definition) is 0. The number of hydrogen-bond acceptors (Lipinski definition) is 2. The molecule has 1 rings (SSSR count). The number of ether oxygens (including phenoxy) is 1. The van der Waals surface area contributed by atoms with Gasteiger partial charge in [-0.05, 0) is 24.7 Å². The van der Waals surface area contributed by atoms with E-state index in [9.17, 15) is 0 Å². The van der Waals surface area contributed by atoms with Crippen LogP contribution in [0.3, 0.4) is 0 Å². The van der Waals surface area contributed by atoms with Crippen molar-refractivity contribution in [1.29, 1.82) is 0 Å². The third-order valence-electron chi connectivity index (χ3n) is 3.66. The minimum Gasteiger partial charge on any atom is -0.380 e. The van der Waals surface area contributed by atoms with E-state index in [-0.39, 0.29) is 0 Å². The molecule has 0 spiro atoms. The minimum atomic E-state index is 0.463. The van der Waals surface area contributed by atoms with Gasteiger partial charge in [-0.3, -0.25) is 0 Å². The molecule has 2 nitrogen and oxygen atoms in total. The van der Waals surface area contributed by atoms with Gasteiger partial charge in [0.15, 0.2) is 0 Å². The molecule has 0 aliphatic carbocycles. The Kier molecular flexibility index (Phi) is 6.17. The van der Waals surface area contributed by atoms with Crippen LogP contribution in [0.2, 0.25) is 0 Å². The third-order valence-corrected chi connectivity index (χ3v) is 4.85. The molecule has 1 aliphatic heterocycles. The topological polar surface area (TPSA) is 12.5 Å². The Balaban J connectivity index is 2.48. The third kappa shape index (κ3) is 4.04. The quantitative estimate of drug-likeness (QED) is 0.717. The Hall–Kier alpha value is 0.400. The molecule has 0 radical (unpaired) electrons. The zero-order valence-corrected chi connectivity index (χ0v) is 11.7. The molecular formula is C12H24BrNO. The molecule has 15 heavy (non-hydrogen) atoms. The second-order valence-electron chi connectivity index (χ2n) is 4.58. The first-order valence-electron chi connectivity index (χ1n) is 6.12. The molecule has 0 atom stereocenters. The fourth-order valence-corrected chi connectivity index (χ4v) is 3.11. The molecule has 0 saturated carbocycles.